The average Bonchev–Trinajstić information content (AvgIpc) is 2.62. The van der Waals surface area contributed by atoms with Crippen LogP contribution < -0.4 is 9.64 Å². The highest BCUT2D eigenvalue weighted by atomic mass is 16.5. The molecule has 3 rings (SSSR count). The molecular formula is C20H19NO. The molecule has 0 fully saturated rings. The Morgan fingerprint density at radius 2 is 1.36 bits per heavy atom. The first-order chi connectivity index (χ1) is 10.8. The first-order valence-electron chi connectivity index (χ1n) is 7.31. The Balaban J connectivity index is 1.92. The van der Waals surface area contributed by atoms with E-state index < -0.39 is 0 Å². The van der Waals surface area contributed by atoms with Crippen LogP contribution in [0, 0.1) is 0 Å². The summed E-state index contributed by atoms with van der Waals surface area (Å²) in [6, 6.07) is 27.1. The van der Waals surface area contributed by atoms with Crippen molar-refractivity contribution in [2.75, 3.05) is 19.1 Å². The highest BCUT2D eigenvalue weighted by Crippen LogP contribution is 2.29. The SMILES string of the molecule is COc1ccc(-c2cccc(N(C)c3ccccc3)c2)cc1. The highest BCUT2D eigenvalue weighted by Gasteiger charge is 2.05. The van der Waals surface area contributed by atoms with Crippen molar-refractivity contribution in [3.8, 4) is 16.9 Å². The van der Waals surface area contributed by atoms with E-state index in [1.165, 1.54) is 22.5 Å². The standard InChI is InChI=1S/C20H19NO/c1-21(18-8-4-3-5-9-18)19-10-6-7-17(15-19)16-11-13-20(22-2)14-12-16/h3-15H,1-2H3. The number of para-hydroxylation sites is 1. The minimum absolute atomic E-state index is 0.876. The van der Waals surface area contributed by atoms with E-state index in [4.69, 9.17) is 4.74 Å². The predicted molar refractivity (Wildman–Crippen MR) is 92.9 cm³/mol. The smallest absolute Gasteiger partial charge is 0.118 e. The summed E-state index contributed by atoms with van der Waals surface area (Å²) in [4.78, 5) is 2.19. The largest absolute Gasteiger partial charge is 0.497 e. The summed E-state index contributed by atoms with van der Waals surface area (Å²) in [6.45, 7) is 0. The summed E-state index contributed by atoms with van der Waals surface area (Å²) in [5, 5.41) is 0. The van der Waals surface area contributed by atoms with Crippen molar-refractivity contribution in [1.82, 2.24) is 0 Å². The fraction of sp³-hybridized carbons (Fsp3) is 0.100. The lowest BCUT2D eigenvalue weighted by Gasteiger charge is -2.20. The molecule has 2 heteroatoms. The predicted octanol–water partition coefficient (Wildman–Crippen LogP) is 5.13. The van der Waals surface area contributed by atoms with E-state index in [0.29, 0.717) is 0 Å². The summed E-state index contributed by atoms with van der Waals surface area (Å²) in [5.41, 5.74) is 4.72. The maximum Gasteiger partial charge on any atom is 0.118 e. The topological polar surface area (TPSA) is 12.5 Å². The Morgan fingerprint density at radius 1 is 0.682 bits per heavy atom. The van der Waals surface area contributed by atoms with Gasteiger partial charge in [0.2, 0.25) is 0 Å². The van der Waals surface area contributed by atoms with Gasteiger partial charge in [0.05, 0.1) is 7.11 Å². The molecule has 110 valence electrons. The van der Waals surface area contributed by atoms with Gasteiger partial charge in [0.25, 0.3) is 0 Å². The van der Waals surface area contributed by atoms with Gasteiger partial charge in [-0.1, -0.05) is 42.5 Å². The number of hydrogen-bond acceptors (Lipinski definition) is 2. The maximum absolute atomic E-state index is 5.22. The van der Waals surface area contributed by atoms with Crippen molar-refractivity contribution < 1.29 is 4.74 Å². The Labute approximate surface area is 131 Å². The van der Waals surface area contributed by atoms with E-state index in [1.54, 1.807) is 7.11 Å². The summed E-state index contributed by atoms with van der Waals surface area (Å²) in [7, 11) is 3.77. The number of nitrogens with zero attached hydrogens (tertiary/aromatic N) is 1. The molecule has 0 saturated heterocycles. The van der Waals surface area contributed by atoms with E-state index in [1.807, 2.05) is 18.2 Å². The monoisotopic (exact) mass is 289 g/mol. The second-order valence-electron chi connectivity index (χ2n) is 5.17. The molecule has 3 aromatic rings. The van der Waals surface area contributed by atoms with E-state index in [-0.39, 0.29) is 0 Å². The summed E-state index contributed by atoms with van der Waals surface area (Å²) < 4.78 is 5.22. The Bertz CT molecular complexity index is 735. The number of methoxy groups -OCH3 is 1. The van der Waals surface area contributed by atoms with Crippen molar-refractivity contribution in [2.45, 2.75) is 0 Å². The van der Waals surface area contributed by atoms with Crippen LogP contribution in [0.15, 0.2) is 78.9 Å². The van der Waals surface area contributed by atoms with Crippen molar-refractivity contribution in [3.63, 3.8) is 0 Å². The first kappa shape index (κ1) is 14.2. The molecule has 2 nitrogen and oxygen atoms in total. The van der Waals surface area contributed by atoms with Gasteiger partial charge in [0.1, 0.15) is 5.75 Å². The van der Waals surface area contributed by atoms with Crippen LogP contribution in [0.4, 0.5) is 11.4 Å². The molecule has 0 heterocycles. The zero-order valence-corrected chi connectivity index (χ0v) is 12.9. The molecule has 0 atom stereocenters. The van der Waals surface area contributed by atoms with E-state index in [0.717, 1.165) is 5.75 Å². The van der Waals surface area contributed by atoms with E-state index in [2.05, 4.69) is 72.6 Å². The molecule has 0 bridgehead atoms. The first-order valence-corrected chi connectivity index (χ1v) is 7.31. The van der Waals surface area contributed by atoms with E-state index in [9.17, 15) is 0 Å². The molecule has 0 aromatic heterocycles. The van der Waals surface area contributed by atoms with Crippen LogP contribution in [-0.2, 0) is 0 Å². The van der Waals surface area contributed by atoms with Crippen molar-refractivity contribution in [1.29, 1.82) is 0 Å². The Morgan fingerprint density at radius 3 is 2.05 bits per heavy atom. The molecule has 0 unspecified atom stereocenters. The van der Waals surface area contributed by atoms with E-state index >= 15 is 0 Å². The van der Waals surface area contributed by atoms with Crippen LogP contribution in [0.2, 0.25) is 0 Å². The number of hydrogen-bond donors (Lipinski definition) is 0. The van der Waals surface area contributed by atoms with Crippen LogP contribution in [0.3, 0.4) is 0 Å². The molecule has 0 aliphatic rings. The molecule has 0 N–H and O–H groups in total. The zero-order chi connectivity index (χ0) is 15.4. The van der Waals surface area contributed by atoms with Gasteiger partial charge in [-0.2, -0.15) is 0 Å². The quantitative estimate of drug-likeness (QED) is 0.660. The number of ether oxygens (including phenoxy) is 1. The normalized spacial score (nSPS) is 10.3. The van der Waals surface area contributed by atoms with Gasteiger partial charge >= 0.3 is 0 Å². The lowest BCUT2D eigenvalue weighted by Crippen LogP contribution is -2.08. The molecule has 0 aliphatic heterocycles. The third-order valence-electron chi connectivity index (χ3n) is 3.80. The fourth-order valence-electron chi connectivity index (χ4n) is 2.48. The minimum atomic E-state index is 0.876. The third-order valence-corrected chi connectivity index (χ3v) is 3.80. The van der Waals surface area contributed by atoms with Gasteiger partial charge in [-0.25, -0.2) is 0 Å². The molecule has 0 radical (unpaired) electrons. The number of rotatable bonds is 4. The van der Waals surface area contributed by atoms with Gasteiger partial charge in [0, 0.05) is 18.4 Å². The number of anilines is 2. The number of benzene rings is 3. The van der Waals surface area contributed by atoms with Crippen molar-refractivity contribution in [3.05, 3.63) is 78.9 Å². The Kier molecular flexibility index (Phi) is 4.10. The van der Waals surface area contributed by atoms with Gasteiger partial charge in [-0.3, -0.25) is 0 Å². The Hall–Kier alpha value is -2.74. The maximum atomic E-state index is 5.22. The lowest BCUT2D eigenvalue weighted by molar-refractivity contribution is 0.415. The van der Waals surface area contributed by atoms with Crippen LogP contribution in [0.25, 0.3) is 11.1 Å². The molecule has 22 heavy (non-hydrogen) atoms. The highest BCUT2D eigenvalue weighted by molar-refractivity contribution is 5.72. The lowest BCUT2D eigenvalue weighted by atomic mass is 10.0. The molecule has 0 aliphatic carbocycles. The molecular weight excluding hydrogens is 270 g/mol. The molecule has 3 aromatic carbocycles. The van der Waals surface area contributed by atoms with Gasteiger partial charge in [-0.05, 0) is 47.5 Å². The second kappa shape index (κ2) is 6.35. The summed E-state index contributed by atoms with van der Waals surface area (Å²) in [6.07, 6.45) is 0. The fourth-order valence-corrected chi connectivity index (χ4v) is 2.48. The molecule has 0 spiro atoms. The van der Waals surface area contributed by atoms with Gasteiger partial charge in [-0.15, -0.1) is 0 Å². The van der Waals surface area contributed by atoms with Crippen LogP contribution >= 0.6 is 0 Å². The molecule has 0 saturated carbocycles. The van der Waals surface area contributed by atoms with Crippen molar-refractivity contribution in [2.24, 2.45) is 0 Å². The summed E-state index contributed by atoms with van der Waals surface area (Å²) in [5.74, 6) is 0.876. The average molecular weight is 289 g/mol. The van der Waals surface area contributed by atoms with Gasteiger partial charge < -0.3 is 9.64 Å². The minimum Gasteiger partial charge on any atom is -0.497 e. The van der Waals surface area contributed by atoms with Gasteiger partial charge in [0.15, 0.2) is 0 Å². The third kappa shape index (κ3) is 2.96. The van der Waals surface area contributed by atoms with Crippen molar-refractivity contribution >= 4 is 11.4 Å². The van der Waals surface area contributed by atoms with Crippen LogP contribution in [-0.4, -0.2) is 14.2 Å². The molecule has 0 amide bonds. The second-order valence-corrected chi connectivity index (χ2v) is 5.17. The zero-order valence-electron chi connectivity index (χ0n) is 12.9. The van der Waals surface area contributed by atoms with Crippen LogP contribution in [0.1, 0.15) is 0 Å². The summed E-state index contributed by atoms with van der Waals surface area (Å²) >= 11 is 0. The van der Waals surface area contributed by atoms with Crippen LogP contribution in [0.5, 0.6) is 5.75 Å².